The lowest BCUT2D eigenvalue weighted by Gasteiger charge is -2.26. The fourth-order valence-corrected chi connectivity index (χ4v) is 4.46. The highest BCUT2D eigenvalue weighted by atomic mass is 32.2. The molecule has 0 saturated heterocycles. The van der Waals surface area contributed by atoms with E-state index < -0.39 is 10.0 Å². The number of methoxy groups -OCH3 is 2. The molecule has 0 amide bonds. The summed E-state index contributed by atoms with van der Waals surface area (Å²) in [5, 5.41) is 0. The van der Waals surface area contributed by atoms with Crippen LogP contribution in [0.5, 0.6) is 11.5 Å². The number of sulfonamides is 1. The molecule has 0 spiro atoms. The van der Waals surface area contributed by atoms with E-state index in [9.17, 15) is 8.42 Å². The molecule has 0 aromatic heterocycles. The molecular weight excluding hydrogens is 386 g/mol. The van der Waals surface area contributed by atoms with E-state index in [4.69, 9.17) is 9.47 Å². The van der Waals surface area contributed by atoms with E-state index in [-0.39, 0.29) is 11.4 Å². The molecule has 0 bridgehead atoms. The van der Waals surface area contributed by atoms with Crippen LogP contribution in [0.3, 0.4) is 0 Å². The molecule has 0 heterocycles. The zero-order valence-electron chi connectivity index (χ0n) is 17.0. The van der Waals surface area contributed by atoms with Crippen molar-refractivity contribution in [2.75, 3.05) is 18.5 Å². The van der Waals surface area contributed by atoms with E-state index in [1.807, 2.05) is 38.1 Å². The van der Waals surface area contributed by atoms with E-state index in [1.54, 1.807) is 56.7 Å². The van der Waals surface area contributed by atoms with E-state index in [2.05, 4.69) is 0 Å². The van der Waals surface area contributed by atoms with Gasteiger partial charge in [0, 0.05) is 18.2 Å². The summed E-state index contributed by atoms with van der Waals surface area (Å²) in [4.78, 5) is 0.235. The highest BCUT2D eigenvalue weighted by Gasteiger charge is 2.26. The maximum Gasteiger partial charge on any atom is 0.264 e. The van der Waals surface area contributed by atoms with E-state index in [0.29, 0.717) is 17.2 Å². The largest absolute Gasteiger partial charge is 0.497 e. The van der Waals surface area contributed by atoms with Gasteiger partial charge in [0.05, 0.1) is 31.3 Å². The maximum atomic E-state index is 13.6. The number of hydrogen-bond donors (Lipinski definition) is 0. The van der Waals surface area contributed by atoms with Crippen LogP contribution < -0.4 is 13.8 Å². The van der Waals surface area contributed by atoms with Gasteiger partial charge in [-0.1, -0.05) is 42.0 Å². The Hall–Kier alpha value is -2.99. The molecule has 6 heteroatoms. The van der Waals surface area contributed by atoms with Gasteiger partial charge in [-0.2, -0.15) is 0 Å². The standard InChI is InChI=1S/C23H25NO4S/c1-17-9-11-23(12-10-17)29(25,26)24(16-19-8-6-5-7-18(19)2)20-13-21(27-3)15-22(14-20)28-4/h5-15H,16H2,1-4H3. The van der Waals surface area contributed by atoms with Gasteiger partial charge in [-0.15, -0.1) is 0 Å². The Bertz CT molecular complexity index is 1070. The Kier molecular flexibility index (Phi) is 6.13. The second-order valence-electron chi connectivity index (χ2n) is 6.82. The topological polar surface area (TPSA) is 55.8 Å². The van der Waals surface area contributed by atoms with Crippen LogP contribution >= 0.6 is 0 Å². The number of hydrogen-bond acceptors (Lipinski definition) is 4. The lowest BCUT2D eigenvalue weighted by Crippen LogP contribution is -2.31. The van der Waals surface area contributed by atoms with Crippen LogP contribution in [-0.4, -0.2) is 22.6 Å². The van der Waals surface area contributed by atoms with Crippen molar-refractivity contribution in [3.05, 3.63) is 83.4 Å². The summed E-state index contributed by atoms with van der Waals surface area (Å²) >= 11 is 0. The fraction of sp³-hybridized carbons (Fsp3) is 0.217. The third kappa shape index (κ3) is 4.54. The van der Waals surface area contributed by atoms with Gasteiger partial charge in [-0.25, -0.2) is 8.42 Å². The van der Waals surface area contributed by atoms with E-state index >= 15 is 0 Å². The number of anilines is 1. The first-order chi connectivity index (χ1) is 13.8. The molecule has 3 aromatic rings. The Morgan fingerprint density at radius 2 is 1.41 bits per heavy atom. The van der Waals surface area contributed by atoms with Crippen LogP contribution in [-0.2, 0) is 16.6 Å². The Labute approximate surface area is 172 Å². The lowest BCUT2D eigenvalue weighted by molar-refractivity contribution is 0.394. The lowest BCUT2D eigenvalue weighted by atomic mass is 10.1. The molecule has 0 aliphatic rings. The van der Waals surface area contributed by atoms with Crippen molar-refractivity contribution in [2.24, 2.45) is 0 Å². The van der Waals surface area contributed by atoms with Crippen molar-refractivity contribution in [3.8, 4) is 11.5 Å². The average molecular weight is 412 g/mol. The van der Waals surface area contributed by atoms with Gasteiger partial charge in [0.2, 0.25) is 0 Å². The minimum absolute atomic E-state index is 0.194. The molecule has 0 saturated carbocycles. The minimum Gasteiger partial charge on any atom is -0.497 e. The second-order valence-corrected chi connectivity index (χ2v) is 8.68. The van der Waals surface area contributed by atoms with Crippen molar-refractivity contribution >= 4 is 15.7 Å². The average Bonchev–Trinajstić information content (AvgIpc) is 2.72. The van der Waals surface area contributed by atoms with Crippen LogP contribution in [0, 0.1) is 13.8 Å². The van der Waals surface area contributed by atoms with Crippen molar-refractivity contribution in [3.63, 3.8) is 0 Å². The van der Waals surface area contributed by atoms with Crippen LogP contribution in [0.2, 0.25) is 0 Å². The van der Waals surface area contributed by atoms with Crippen LogP contribution in [0.25, 0.3) is 0 Å². The summed E-state index contributed by atoms with van der Waals surface area (Å²) in [5.74, 6) is 1.04. The highest BCUT2D eigenvalue weighted by molar-refractivity contribution is 7.92. The van der Waals surface area contributed by atoms with Crippen LogP contribution in [0.15, 0.2) is 71.6 Å². The third-order valence-electron chi connectivity index (χ3n) is 4.81. The summed E-state index contributed by atoms with van der Waals surface area (Å²) in [7, 11) is -0.733. The molecule has 3 rings (SSSR count). The number of ether oxygens (including phenoxy) is 2. The zero-order valence-corrected chi connectivity index (χ0v) is 17.9. The highest BCUT2D eigenvalue weighted by Crippen LogP contribution is 2.33. The van der Waals surface area contributed by atoms with Crippen LogP contribution in [0.4, 0.5) is 5.69 Å². The number of nitrogens with zero attached hydrogens (tertiary/aromatic N) is 1. The number of benzene rings is 3. The molecule has 0 radical (unpaired) electrons. The molecule has 3 aromatic carbocycles. The molecule has 5 nitrogen and oxygen atoms in total. The predicted octanol–water partition coefficient (Wildman–Crippen LogP) is 4.72. The smallest absolute Gasteiger partial charge is 0.264 e. The molecule has 0 aliphatic carbocycles. The molecule has 152 valence electrons. The van der Waals surface area contributed by atoms with Gasteiger partial charge < -0.3 is 9.47 Å². The predicted molar refractivity (Wildman–Crippen MR) is 115 cm³/mol. The van der Waals surface area contributed by atoms with Gasteiger partial charge in [0.1, 0.15) is 11.5 Å². The molecule has 0 aliphatic heterocycles. The van der Waals surface area contributed by atoms with Gasteiger partial charge in [-0.3, -0.25) is 4.31 Å². The fourth-order valence-electron chi connectivity index (χ4n) is 3.03. The van der Waals surface area contributed by atoms with Crippen LogP contribution in [0.1, 0.15) is 16.7 Å². The molecular formula is C23H25NO4S. The van der Waals surface area contributed by atoms with Crippen molar-refractivity contribution in [2.45, 2.75) is 25.3 Å². The molecule has 0 fully saturated rings. The van der Waals surface area contributed by atoms with Gasteiger partial charge in [-0.05, 0) is 37.1 Å². The van der Waals surface area contributed by atoms with Gasteiger partial charge in [0.25, 0.3) is 10.0 Å². The monoisotopic (exact) mass is 411 g/mol. The van der Waals surface area contributed by atoms with Crippen molar-refractivity contribution in [1.82, 2.24) is 0 Å². The van der Waals surface area contributed by atoms with Crippen molar-refractivity contribution in [1.29, 1.82) is 0 Å². The van der Waals surface area contributed by atoms with Gasteiger partial charge in [0.15, 0.2) is 0 Å². The minimum atomic E-state index is -3.81. The van der Waals surface area contributed by atoms with Gasteiger partial charge >= 0.3 is 0 Å². The van der Waals surface area contributed by atoms with E-state index in [1.165, 1.54) is 4.31 Å². The molecule has 0 N–H and O–H groups in total. The number of rotatable bonds is 7. The summed E-state index contributed by atoms with van der Waals surface area (Å²) in [6.45, 7) is 4.09. The van der Waals surface area contributed by atoms with E-state index in [0.717, 1.165) is 16.7 Å². The quantitative estimate of drug-likeness (QED) is 0.565. The Morgan fingerprint density at radius 3 is 1.97 bits per heavy atom. The summed E-state index contributed by atoms with van der Waals surface area (Å²) in [6, 6.07) is 19.7. The Balaban J connectivity index is 2.16. The Morgan fingerprint density at radius 1 is 0.828 bits per heavy atom. The summed E-state index contributed by atoms with van der Waals surface area (Å²) in [6.07, 6.45) is 0. The second kappa shape index (κ2) is 8.57. The first kappa shape index (κ1) is 20.7. The normalized spacial score (nSPS) is 11.2. The first-order valence-electron chi connectivity index (χ1n) is 9.22. The maximum absolute atomic E-state index is 13.6. The molecule has 0 unspecified atom stereocenters. The molecule has 0 atom stereocenters. The molecule has 29 heavy (non-hydrogen) atoms. The van der Waals surface area contributed by atoms with Crippen molar-refractivity contribution < 1.29 is 17.9 Å². The first-order valence-corrected chi connectivity index (χ1v) is 10.7. The summed E-state index contributed by atoms with van der Waals surface area (Å²) in [5.41, 5.74) is 3.42. The zero-order chi connectivity index (χ0) is 21.0. The SMILES string of the molecule is COc1cc(OC)cc(N(Cc2ccccc2C)S(=O)(=O)c2ccc(C)cc2)c1. The third-order valence-corrected chi connectivity index (χ3v) is 6.60. The number of aryl methyl sites for hydroxylation is 2. The summed E-state index contributed by atoms with van der Waals surface area (Å²) < 4.78 is 39.3.